The smallest absolute Gasteiger partial charge is 0.407 e. The zero-order valence-corrected chi connectivity index (χ0v) is 20.4. The van der Waals surface area contributed by atoms with Crippen molar-refractivity contribution in [3.63, 3.8) is 0 Å². The molecule has 38 heavy (non-hydrogen) atoms. The lowest BCUT2D eigenvalue weighted by atomic mass is 9.98. The molecule has 1 unspecified atom stereocenters. The minimum absolute atomic E-state index is 0.00667. The number of carbonyl (C=O) groups excluding carboxylic acids is 3. The van der Waals surface area contributed by atoms with Crippen molar-refractivity contribution in [3.8, 4) is 11.1 Å². The molecule has 2 aromatic carbocycles. The Morgan fingerprint density at radius 1 is 0.974 bits per heavy atom. The van der Waals surface area contributed by atoms with Crippen LogP contribution in [0.3, 0.4) is 0 Å². The molecule has 1 heterocycles. The Balaban J connectivity index is 1.29. The first-order valence-electron chi connectivity index (χ1n) is 11.9. The number of aliphatic carboxylic acids is 1. The van der Waals surface area contributed by atoms with E-state index in [1.165, 1.54) is 0 Å². The number of hydrogen-bond donors (Lipinski definition) is 5. The summed E-state index contributed by atoms with van der Waals surface area (Å²) in [4.78, 5) is 48.0. The van der Waals surface area contributed by atoms with Gasteiger partial charge in [-0.25, -0.2) is 14.4 Å². The summed E-state index contributed by atoms with van der Waals surface area (Å²) in [5, 5.41) is 34.0. The first-order valence-corrected chi connectivity index (χ1v) is 11.9. The number of amides is 2. The van der Waals surface area contributed by atoms with Gasteiger partial charge in [0.15, 0.2) is 12.3 Å². The molecule has 1 aliphatic carbocycles. The van der Waals surface area contributed by atoms with Crippen LogP contribution in [0.15, 0.2) is 48.5 Å². The molecule has 1 saturated heterocycles. The molecule has 0 saturated carbocycles. The number of esters is 1. The number of aliphatic hydroxyl groups is 2. The fourth-order valence-electron chi connectivity index (χ4n) is 4.65. The van der Waals surface area contributed by atoms with Gasteiger partial charge < -0.3 is 40.2 Å². The first-order chi connectivity index (χ1) is 18.2. The van der Waals surface area contributed by atoms with Crippen LogP contribution in [0.1, 0.15) is 29.9 Å². The minimum Gasteiger partial charge on any atom is -0.480 e. The second kappa shape index (κ2) is 11.6. The Labute approximate surface area is 217 Å². The van der Waals surface area contributed by atoms with Gasteiger partial charge in [0.25, 0.3) is 0 Å². The largest absolute Gasteiger partial charge is 0.480 e. The zero-order chi connectivity index (χ0) is 27.4. The van der Waals surface area contributed by atoms with Crippen molar-refractivity contribution < 1.29 is 48.7 Å². The number of carbonyl (C=O) groups is 4. The molecule has 0 radical (unpaired) electrons. The number of benzene rings is 2. The molecule has 2 aliphatic rings. The molecule has 0 spiro atoms. The summed E-state index contributed by atoms with van der Waals surface area (Å²) in [7, 11) is 1.08. The quantitative estimate of drug-likeness (QED) is 0.288. The average Bonchev–Trinajstić information content (AvgIpc) is 3.38. The summed E-state index contributed by atoms with van der Waals surface area (Å²) in [6.45, 7) is -0.00667. The van der Waals surface area contributed by atoms with Crippen molar-refractivity contribution in [3.05, 3.63) is 59.7 Å². The van der Waals surface area contributed by atoms with Crippen LogP contribution >= 0.6 is 0 Å². The van der Waals surface area contributed by atoms with Gasteiger partial charge in [-0.15, -0.1) is 0 Å². The molecule has 202 valence electrons. The predicted molar refractivity (Wildman–Crippen MR) is 130 cm³/mol. The fraction of sp³-hybridized carbons (Fsp3) is 0.385. The highest BCUT2D eigenvalue weighted by molar-refractivity contribution is 5.82. The van der Waals surface area contributed by atoms with E-state index in [1.807, 2.05) is 48.5 Å². The SMILES string of the molecule is COC(=O)[C@H]1OC(NC(=O)CC[C@H](NC(=O)OCC2c3ccccc3-c3ccccc32)C(=O)O)[C@H](O)[C@@H]1O. The Bertz CT molecular complexity index is 1170. The van der Waals surface area contributed by atoms with Gasteiger partial charge in [-0.05, 0) is 28.7 Å². The van der Waals surface area contributed by atoms with Gasteiger partial charge in [-0.3, -0.25) is 4.79 Å². The third kappa shape index (κ3) is 5.62. The molecule has 5 atom stereocenters. The number of hydrogen-bond acceptors (Lipinski definition) is 9. The van der Waals surface area contributed by atoms with Gasteiger partial charge >= 0.3 is 18.0 Å². The molecule has 12 nitrogen and oxygen atoms in total. The standard InChI is InChI=1S/C26H28N2O10/c1-36-25(34)22-20(30)21(31)23(38-22)28-19(29)11-10-18(24(32)33)27-26(35)37-12-17-15-8-4-2-6-13(15)14-7-3-5-9-16(14)17/h2-9,17-18,20-23,30-31H,10-12H2,1H3,(H,27,35)(H,28,29)(H,32,33)/t18-,20-,21+,22-,23?/m0/s1. The average molecular weight is 529 g/mol. The molecule has 12 heteroatoms. The normalized spacial score (nSPS) is 22.6. The van der Waals surface area contributed by atoms with Gasteiger partial charge in [0, 0.05) is 12.3 Å². The Morgan fingerprint density at radius 2 is 1.58 bits per heavy atom. The number of rotatable bonds is 9. The Hall–Kier alpha value is -4.00. The summed E-state index contributed by atoms with van der Waals surface area (Å²) < 4.78 is 15.0. The summed E-state index contributed by atoms with van der Waals surface area (Å²) in [5.74, 6) is -3.23. The third-order valence-electron chi connectivity index (χ3n) is 6.59. The molecular formula is C26H28N2O10. The summed E-state index contributed by atoms with van der Waals surface area (Å²) in [5.41, 5.74) is 4.11. The third-order valence-corrected chi connectivity index (χ3v) is 6.59. The molecule has 0 bridgehead atoms. The van der Waals surface area contributed by atoms with E-state index in [4.69, 9.17) is 9.47 Å². The van der Waals surface area contributed by atoms with Gasteiger partial charge in [-0.2, -0.15) is 0 Å². The molecular weight excluding hydrogens is 500 g/mol. The van der Waals surface area contributed by atoms with E-state index in [0.29, 0.717) is 0 Å². The van der Waals surface area contributed by atoms with Crippen LogP contribution in [-0.4, -0.2) is 83.6 Å². The highest BCUT2D eigenvalue weighted by Crippen LogP contribution is 2.44. The van der Waals surface area contributed by atoms with Gasteiger partial charge in [0.2, 0.25) is 5.91 Å². The molecule has 4 rings (SSSR count). The number of methoxy groups -OCH3 is 1. The predicted octanol–water partition coefficient (Wildman–Crippen LogP) is 0.494. The summed E-state index contributed by atoms with van der Waals surface area (Å²) >= 11 is 0. The number of ether oxygens (including phenoxy) is 3. The highest BCUT2D eigenvalue weighted by atomic mass is 16.6. The lowest BCUT2D eigenvalue weighted by molar-refractivity contribution is -0.158. The van der Waals surface area contributed by atoms with E-state index in [-0.39, 0.29) is 25.4 Å². The topological polar surface area (TPSA) is 181 Å². The summed E-state index contributed by atoms with van der Waals surface area (Å²) in [6, 6.07) is 14.1. The Kier molecular flexibility index (Phi) is 8.25. The highest BCUT2D eigenvalue weighted by Gasteiger charge is 2.47. The van der Waals surface area contributed by atoms with E-state index >= 15 is 0 Å². The van der Waals surface area contributed by atoms with Gasteiger partial charge in [0.05, 0.1) is 7.11 Å². The first kappa shape index (κ1) is 27.0. The van der Waals surface area contributed by atoms with Crippen molar-refractivity contribution >= 4 is 23.9 Å². The van der Waals surface area contributed by atoms with Gasteiger partial charge in [-0.1, -0.05) is 48.5 Å². The van der Waals surface area contributed by atoms with Gasteiger partial charge in [0.1, 0.15) is 24.9 Å². The van der Waals surface area contributed by atoms with Crippen LogP contribution < -0.4 is 10.6 Å². The molecule has 0 aromatic heterocycles. The lowest BCUT2D eigenvalue weighted by Gasteiger charge is -2.19. The zero-order valence-electron chi connectivity index (χ0n) is 20.4. The van der Waals surface area contributed by atoms with Crippen LogP contribution in [-0.2, 0) is 28.6 Å². The maximum absolute atomic E-state index is 12.4. The second-order valence-corrected chi connectivity index (χ2v) is 8.95. The Morgan fingerprint density at radius 3 is 2.16 bits per heavy atom. The van der Waals surface area contributed by atoms with Crippen LogP contribution in [0.25, 0.3) is 11.1 Å². The number of carboxylic acid groups (broad SMARTS) is 1. The van der Waals surface area contributed by atoms with Crippen molar-refractivity contribution in [1.29, 1.82) is 0 Å². The van der Waals surface area contributed by atoms with E-state index in [0.717, 1.165) is 29.4 Å². The van der Waals surface area contributed by atoms with Crippen LogP contribution in [0, 0.1) is 0 Å². The molecule has 2 amide bonds. The van der Waals surface area contributed by atoms with Crippen LogP contribution in [0.2, 0.25) is 0 Å². The van der Waals surface area contributed by atoms with E-state index < -0.39 is 54.5 Å². The summed E-state index contributed by atoms with van der Waals surface area (Å²) in [6.07, 6.45) is -7.71. The maximum Gasteiger partial charge on any atom is 0.407 e. The van der Waals surface area contributed by atoms with Crippen molar-refractivity contribution in [2.75, 3.05) is 13.7 Å². The number of fused-ring (bicyclic) bond motifs is 3. The number of nitrogens with one attached hydrogen (secondary N) is 2. The molecule has 2 aromatic rings. The molecule has 1 fully saturated rings. The van der Waals surface area contributed by atoms with Crippen LogP contribution in [0.5, 0.6) is 0 Å². The molecule has 5 N–H and O–H groups in total. The second-order valence-electron chi connectivity index (χ2n) is 8.95. The van der Waals surface area contributed by atoms with E-state index in [9.17, 15) is 34.5 Å². The van der Waals surface area contributed by atoms with E-state index in [1.54, 1.807) is 0 Å². The van der Waals surface area contributed by atoms with Crippen molar-refractivity contribution in [1.82, 2.24) is 10.6 Å². The molecule has 1 aliphatic heterocycles. The number of carboxylic acids is 1. The lowest BCUT2D eigenvalue weighted by Crippen LogP contribution is -2.45. The number of alkyl carbamates (subject to hydrolysis) is 1. The van der Waals surface area contributed by atoms with Crippen molar-refractivity contribution in [2.24, 2.45) is 0 Å². The fourth-order valence-corrected chi connectivity index (χ4v) is 4.65. The monoisotopic (exact) mass is 528 g/mol. The van der Waals surface area contributed by atoms with Crippen LogP contribution in [0.4, 0.5) is 4.79 Å². The van der Waals surface area contributed by atoms with E-state index in [2.05, 4.69) is 15.4 Å². The maximum atomic E-state index is 12.4. The number of aliphatic hydroxyl groups excluding tert-OH is 2. The van der Waals surface area contributed by atoms with Crippen molar-refractivity contribution in [2.45, 2.75) is 49.3 Å². The minimum atomic E-state index is -1.62.